The smallest absolute Gasteiger partial charge is 0.300 e. The summed E-state index contributed by atoms with van der Waals surface area (Å²) < 4.78 is 10.7. The second kappa shape index (κ2) is 9.72. The first-order valence-electron chi connectivity index (χ1n) is 10.9. The van der Waals surface area contributed by atoms with Gasteiger partial charge < -0.3 is 19.7 Å². The van der Waals surface area contributed by atoms with Crippen molar-refractivity contribution in [3.05, 3.63) is 87.9 Å². The lowest BCUT2D eigenvalue weighted by atomic mass is 9.94. The molecule has 1 atom stereocenters. The van der Waals surface area contributed by atoms with Gasteiger partial charge in [-0.2, -0.15) is 0 Å². The molecule has 1 fully saturated rings. The fourth-order valence-electron chi connectivity index (χ4n) is 4.15. The van der Waals surface area contributed by atoms with Gasteiger partial charge in [0, 0.05) is 11.8 Å². The first-order valence-corrected chi connectivity index (χ1v) is 11.3. The lowest BCUT2D eigenvalue weighted by Crippen LogP contribution is -2.29. The van der Waals surface area contributed by atoms with Crippen LogP contribution >= 0.6 is 11.6 Å². The number of aliphatic hydroxyl groups excluding tert-OH is 1. The first-order chi connectivity index (χ1) is 16.8. The molecule has 180 valence electrons. The lowest BCUT2D eigenvalue weighted by Gasteiger charge is -2.26. The van der Waals surface area contributed by atoms with Crippen LogP contribution in [0.3, 0.4) is 0 Å². The third kappa shape index (κ3) is 4.31. The number of phenols is 1. The van der Waals surface area contributed by atoms with Gasteiger partial charge >= 0.3 is 0 Å². The summed E-state index contributed by atoms with van der Waals surface area (Å²) in [5.74, 6) is -1.57. The van der Waals surface area contributed by atoms with E-state index in [0.717, 1.165) is 12.0 Å². The number of benzene rings is 3. The van der Waals surface area contributed by atoms with E-state index in [1.165, 1.54) is 43.4 Å². The molecule has 1 heterocycles. The monoisotopic (exact) mass is 493 g/mol. The van der Waals surface area contributed by atoms with Gasteiger partial charge in [0.15, 0.2) is 0 Å². The van der Waals surface area contributed by atoms with Crippen LogP contribution in [0.2, 0.25) is 5.02 Å². The van der Waals surface area contributed by atoms with E-state index in [4.69, 9.17) is 21.1 Å². The Hall–Kier alpha value is -3.97. The molecule has 0 saturated carbocycles. The summed E-state index contributed by atoms with van der Waals surface area (Å²) in [7, 11) is 2.83. The third-order valence-electron chi connectivity index (χ3n) is 6.01. The number of aryl methyl sites for hydroxylation is 1. The summed E-state index contributed by atoms with van der Waals surface area (Å²) in [6.07, 6.45) is 0.818. The number of hydrogen-bond donors (Lipinski definition) is 2. The molecular formula is C27H24ClNO6. The van der Waals surface area contributed by atoms with Crippen molar-refractivity contribution in [1.29, 1.82) is 0 Å². The molecule has 1 aliphatic heterocycles. The fraction of sp³-hybridized carbons (Fsp3) is 0.185. The van der Waals surface area contributed by atoms with E-state index in [1.807, 2.05) is 19.1 Å². The van der Waals surface area contributed by atoms with Crippen molar-refractivity contribution in [2.75, 3.05) is 19.1 Å². The fourth-order valence-corrected chi connectivity index (χ4v) is 4.38. The number of nitrogens with zero attached hydrogens (tertiary/aromatic N) is 1. The van der Waals surface area contributed by atoms with Crippen molar-refractivity contribution in [1.82, 2.24) is 0 Å². The number of carbonyl (C=O) groups is 2. The summed E-state index contributed by atoms with van der Waals surface area (Å²) in [4.78, 5) is 28.0. The number of rotatable bonds is 6. The molecule has 35 heavy (non-hydrogen) atoms. The highest BCUT2D eigenvalue weighted by atomic mass is 35.5. The van der Waals surface area contributed by atoms with Gasteiger partial charge in [-0.05, 0) is 47.9 Å². The topological polar surface area (TPSA) is 96.3 Å². The number of Topliss-reactive ketones (excluding diaryl/α,β-unsaturated/α-hetero) is 1. The molecule has 1 saturated heterocycles. The van der Waals surface area contributed by atoms with Gasteiger partial charge in [0.2, 0.25) is 0 Å². The van der Waals surface area contributed by atoms with Gasteiger partial charge in [-0.1, -0.05) is 42.8 Å². The molecular weight excluding hydrogens is 470 g/mol. The van der Waals surface area contributed by atoms with Crippen molar-refractivity contribution in [3.8, 4) is 17.2 Å². The second-order valence-electron chi connectivity index (χ2n) is 7.97. The van der Waals surface area contributed by atoms with Gasteiger partial charge in [0.1, 0.15) is 23.0 Å². The van der Waals surface area contributed by atoms with Crippen LogP contribution in [0.15, 0.2) is 66.2 Å². The highest BCUT2D eigenvalue weighted by molar-refractivity contribution is 6.51. The lowest BCUT2D eigenvalue weighted by molar-refractivity contribution is -0.132. The van der Waals surface area contributed by atoms with Crippen molar-refractivity contribution >= 4 is 34.7 Å². The predicted molar refractivity (Wildman–Crippen MR) is 133 cm³/mol. The highest BCUT2D eigenvalue weighted by Gasteiger charge is 2.47. The maximum Gasteiger partial charge on any atom is 0.300 e. The Bertz CT molecular complexity index is 1310. The number of ketones is 1. The number of hydrogen-bond acceptors (Lipinski definition) is 6. The summed E-state index contributed by atoms with van der Waals surface area (Å²) in [5, 5.41) is 21.5. The Labute approximate surface area is 207 Å². The number of methoxy groups -OCH3 is 2. The van der Waals surface area contributed by atoms with Gasteiger partial charge in [0.25, 0.3) is 11.7 Å². The number of anilines is 1. The molecule has 4 rings (SSSR count). The second-order valence-corrected chi connectivity index (χ2v) is 8.37. The number of carbonyl (C=O) groups excluding carboxylic acids is 2. The molecule has 7 nitrogen and oxygen atoms in total. The van der Waals surface area contributed by atoms with Crippen LogP contribution in [-0.4, -0.2) is 36.1 Å². The molecule has 0 aromatic heterocycles. The number of aliphatic hydroxyl groups is 1. The largest absolute Gasteiger partial charge is 0.508 e. The number of aromatic hydroxyl groups is 1. The number of ether oxygens (including phenoxy) is 2. The van der Waals surface area contributed by atoms with E-state index >= 15 is 0 Å². The predicted octanol–water partition coefficient (Wildman–Crippen LogP) is 5.25. The summed E-state index contributed by atoms with van der Waals surface area (Å²) in [6, 6.07) is 15.4. The van der Waals surface area contributed by atoms with E-state index in [-0.39, 0.29) is 33.4 Å². The van der Waals surface area contributed by atoms with Crippen molar-refractivity contribution in [3.63, 3.8) is 0 Å². The zero-order valence-electron chi connectivity index (χ0n) is 19.4. The number of halogens is 1. The van der Waals surface area contributed by atoms with E-state index < -0.39 is 23.5 Å². The first kappa shape index (κ1) is 24.2. The van der Waals surface area contributed by atoms with Crippen LogP contribution in [-0.2, 0) is 16.0 Å². The van der Waals surface area contributed by atoms with Crippen LogP contribution in [0.4, 0.5) is 5.69 Å². The van der Waals surface area contributed by atoms with E-state index in [1.54, 1.807) is 24.3 Å². The van der Waals surface area contributed by atoms with Crippen LogP contribution in [0.5, 0.6) is 17.2 Å². The maximum absolute atomic E-state index is 13.3. The number of amides is 1. The third-order valence-corrected chi connectivity index (χ3v) is 6.30. The van der Waals surface area contributed by atoms with Crippen molar-refractivity contribution in [2.45, 2.75) is 19.4 Å². The van der Waals surface area contributed by atoms with Crippen LogP contribution in [0.1, 0.15) is 29.7 Å². The molecule has 3 aromatic rings. The van der Waals surface area contributed by atoms with E-state index in [9.17, 15) is 19.8 Å². The van der Waals surface area contributed by atoms with Crippen LogP contribution in [0.25, 0.3) is 5.76 Å². The SMILES string of the molecule is CCc1ccc(N2C(=O)C(=O)/C(=C(/O)c3cc(OC)c(Cl)cc3OC)C2c2ccc(O)cc2)cc1. The Balaban J connectivity index is 1.97. The summed E-state index contributed by atoms with van der Waals surface area (Å²) in [5.41, 5.74) is 2.13. The summed E-state index contributed by atoms with van der Waals surface area (Å²) >= 11 is 6.21. The highest BCUT2D eigenvalue weighted by Crippen LogP contribution is 2.45. The van der Waals surface area contributed by atoms with Gasteiger partial charge in [-0.25, -0.2) is 0 Å². The minimum absolute atomic E-state index is 0.0297. The molecule has 0 spiro atoms. The number of phenolic OH excluding ortho intramolecular Hbond substituents is 1. The normalized spacial score (nSPS) is 17.0. The minimum Gasteiger partial charge on any atom is -0.508 e. The van der Waals surface area contributed by atoms with Crippen LogP contribution < -0.4 is 14.4 Å². The Morgan fingerprint density at radius 2 is 1.60 bits per heavy atom. The van der Waals surface area contributed by atoms with Crippen LogP contribution in [0, 0.1) is 0 Å². The standard InChI is InChI=1S/C27H24ClNO6/c1-4-15-5-9-17(10-6-15)29-24(16-7-11-18(30)12-8-16)23(26(32)27(29)33)25(31)19-13-22(35-3)20(28)14-21(19)34-2/h5-14,24,30-31H,4H2,1-3H3/b25-23+. The van der Waals surface area contributed by atoms with Gasteiger partial charge in [0.05, 0.1) is 36.4 Å². The maximum atomic E-state index is 13.3. The van der Waals surface area contributed by atoms with Gasteiger partial charge in [-0.15, -0.1) is 0 Å². The molecule has 3 aromatic carbocycles. The van der Waals surface area contributed by atoms with Gasteiger partial charge in [-0.3, -0.25) is 14.5 Å². The molecule has 1 amide bonds. The molecule has 0 bridgehead atoms. The minimum atomic E-state index is -0.950. The quantitative estimate of drug-likeness (QED) is 0.276. The average molecular weight is 494 g/mol. The molecule has 0 radical (unpaired) electrons. The zero-order valence-corrected chi connectivity index (χ0v) is 20.2. The Morgan fingerprint density at radius 1 is 0.971 bits per heavy atom. The molecule has 2 N–H and O–H groups in total. The molecule has 1 aliphatic rings. The average Bonchev–Trinajstić information content (AvgIpc) is 3.14. The Morgan fingerprint density at radius 3 is 2.17 bits per heavy atom. The van der Waals surface area contributed by atoms with Crippen molar-refractivity contribution in [2.24, 2.45) is 0 Å². The van der Waals surface area contributed by atoms with E-state index in [2.05, 4.69) is 0 Å². The molecule has 1 unspecified atom stereocenters. The van der Waals surface area contributed by atoms with E-state index in [0.29, 0.717) is 11.3 Å². The Kier molecular flexibility index (Phi) is 6.71. The van der Waals surface area contributed by atoms with Crippen molar-refractivity contribution < 1.29 is 29.3 Å². The molecule has 0 aliphatic carbocycles. The zero-order chi connectivity index (χ0) is 25.3. The summed E-state index contributed by atoms with van der Waals surface area (Å²) in [6.45, 7) is 2.02. The molecule has 8 heteroatoms.